The number of carbonyl (C=O) groups is 1. The van der Waals surface area contributed by atoms with Gasteiger partial charge in [0.05, 0.1) is 0 Å². The van der Waals surface area contributed by atoms with Gasteiger partial charge < -0.3 is 10.4 Å². The minimum absolute atomic E-state index is 0.764. The van der Waals surface area contributed by atoms with E-state index >= 15 is 0 Å². The Labute approximate surface area is 145 Å². The molecular weight excluding hydrogens is 310 g/mol. The van der Waals surface area contributed by atoms with Crippen LogP contribution in [0.3, 0.4) is 0 Å². The molecule has 3 nitrogen and oxygen atoms in total. The summed E-state index contributed by atoms with van der Waals surface area (Å²) in [5.74, 6) is -0.899. The normalized spacial score (nSPS) is 12.2. The first-order valence-corrected chi connectivity index (χ1v) is 8.18. The Balaban J connectivity index is 1.88. The van der Waals surface area contributed by atoms with Gasteiger partial charge in [0.15, 0.2) is 6.04 Å². The Morgan fingerprint density at radius 1 is 0.760 bits per heavy atom. The number of para-hydroxylation sites is 1. The number of hydrogen-bond donors (Lipinski definition) is 2. The Bertz CT molecular complexity index is 1060. The quantitative estimate of drug-likeness (QED) is 0.505. The molecule has 0 radical (unpaired) electrons. The molecule has 0 saturated carbocycles. The van der Waals surface area contributed by atoms with E-state index in [0.29, 0.717) is 0 Å². The highest BCUT2D eigenvalue weighted by atomic mass is 16.4. The van der Waals surface area contributed by atoms with Gasteiger partial charge in [-0.25, -0.2) is 4.79 Å². The fourth-order valence-electron chi connectivity index (χ4n) is 3.22. The third kappa shape index (κ3) is 2.92. The predicted molar refractivity (Wildman–Crippen MR) is 102 cm³/mol. The van der Waals surface area contributed by atoms with Crippen LogP contribution in [0.4, 0.5) is 5.69 Å². The standard InChI is InChI=1S/C22H17NO2/c24-22(25)21(23-18-10-2-1-3-11-18)19-12-6-9-17-13-15-7-4-5-8-16(15)14-20(17)19/h1-14,21,23H,(H,24,25). The lowest BCUT2D eigenvalue weighted by Crippen LogP contribution is -2.20. The van der Waals surface area contributed by atoms with E-state index in [1.165, 1.54) is 0 Å². The van der Waals surface area contributed by atoms with E-state index in [-0.39, 0.29) is 0 Å². The van der Waals surface area contributed by atoms with Crippen LogP contribution in [-0.4, -0.2) is 11.1 Å². The highest BCUT2D eigenvalue weighted by Gasteiger charge is 2.21. The first-order valence-electron chi connectivity index (χ1n) is 8.18. The number of rotatable bonds is 4. The maximum atomic E-state index is 11.9. The minimum Gasteiger partial charge on any atom is -0.479 e. The summed E-state index contributed by atoms with van der Waals surface area (Å²) in [6, 6.07) is 26.7. The van der Waals surface area contributed by atoms with Crippen LogP contribution in [0.15, 0.2) is 84.9 Å². The highest BCUT2D eigenvalue weighted by molar-refractivity contribution is 6.01. The number of nitrogens with one attached hydrogen (secondary N) is 1. The molecule has 25 heavy (non-hydrogen) atoms. The van der Waals surface area contributed by atoms with Crippen LogP contribution in [0.2, 0.25) is 0 Å². The largest absolute Gasteiger partial charge is 0.479 e. The first kappa shape index (κ1) is 15.2. The number of benzene rings is 4. The molecule has 1 unspecified atom stereocenters. The number of carboxylic acids is 1. The highest BCUT2D eigenvalue weighted by Crippen LogP contribution is 2.30. The van der Waals surface area contributed by atoms with Crippen molar-refractivity contribution in [3.8, 4) is 0 Å². The van der Waals surface area contributed by atoms with Crippen LogP contribution in [0, 0.1) is 0 Å². The molecule has 0 aromatic heterocycles. The molecule has 0 spiro atoms. The molecule has 122 valence electrons. The third-order valence-electron chi connectivity index (χ3n) is 4.42. The van der Waals surface area contributed by atoms with Crippen LogP contribution >= 0.6 is 0 Å². The molecule has 0 bridgehead atoms. The number of carboxylic acid groups (broad SMARTS) is 1. The Hall–Kier alpha value is -3.33. The van der Waals surface area contributed by atoms with Crippen molar-refractivity contribution in [1.82, 2.24) is 0 Å². The van der Waals surface area contributed by atoms with E-state index in [0.717, 1.165) is 32.8 Å². The molecule has 0 fully saturated rings. The second kappa shape index (κ2) is 6.29. The molecule has 0 amide bonds. The van der Waals surface area contributed by atoms with Crippen molar-refractivity contribution in [3.63, 3.8) is 0 Å². The lowest BCUT2D eigenvalue weighted by Gasteiger charge is -2.18. The van der Waals surface area contributed by atoms with Gasteiger partial charge in [-0.1, -0.05) is 60.7 Å². The van der Waals surface area contributed by atoms with Gasteiger partial charge in [0, 0.05) is 5.69 Å². The van der Waals surface area contributed by atoms with Crippen LogP contribution < -0.4 is 5.32 Å². The topological polar surface area (TPSA) is 49.3 Å². The van der Waals surface area contributed by atoms with Gasteiger partial charge in [0.2, 0.25) is 0 Å². The predicted octanol–water partition coefficient (Wildman–Crippen LogP) is 5.23. The molecular formula is C22H17NO2. The minimum atomic E-state index is -0.899. The van der Waals surface area contributed by atoms with E-state index in [1.807, 2.05) is 66.7 Å². The van der Waals surface area contributed by atoms with Gasteiger partial charge in [0.1, 0.15) is 0 Å². The number of hydrogen-bond acceptors (Lipinski definition) is 2. The SMILES string of the molecule is O=C(O)C(Nc1ccccc1)c1cccc2cc3ccccc3cc12. The Morgan fingerprint density at radius 3 is 2.12 bits per heavy atom. The second-order valence-corrected chi connectivity index (χ2v) is 6.05. The lowest BCUT2D eigenvalue weighted by molar-refractivity contribution is -0.138. The molecule has 0 aliphatic carbocycles. The zero-order valence-corrected chi connectivity index (χ0v) is 13.5. The summed E-state index contributed by atoms with van der Waals surface area (Å²) in [4.78, 5) is 11.9. The van der Waals surface area contributed by atoms with Gasteiger partial charge in [0.25, 0.3) is 0 Å². The van der Waals surface area contributed by atoms with E-state index in [2.05, 4.69) is 23.5 Å². The van der Waals surface area contributed by atoms with Crippen molar-refractivity contribution >= 4 is 33.2 Å². The van der Waals surface area contributed by atoms with Gasteiger partial charge in [-0.2, -0.15) is 0 Å². The van der Waals surface area contributed by atoms with Gasteiger partial charge >= 0.3 is 5.97 Å². The number of aliphatic carboxylic acids is 1. The average molecular weight is 327 g/mol. The number of anilines is 1. The smallest absolute Gasteiger partial charge is 0.330 e. The van der Waals surface area contributed by atoms with Crippen LogP contribution in [-0.2, 0) is 4.79 Å². The molecule has 0 aliphatic rings. The van der Waals surface area contributed by atoms with E-state index in [9.17, 15) is 9.90 Å². The molecule has 0 heterocycles. The molecule has 0 saturated heterocycles. The fourth-order valence-corrected chi connectivity index (χ4v) is 3.22. The Morgan fingerprint density at radius 2 is 1.40 bits per heavy atom. The maximum absolute atomic E-state index is 11.9. The molecule has 1 atom stereocenters. The zero-order valence-electron chi connectivity index (χ0n) is 13.5. The van der Waals surface area contributed by atoms with E-state index in [4.69, 9.17) is 0 Å². The van der Waals surface area contributed by atoms with E-state index in [1.54, 1.807) is 0 Å². The van der Waals surface area contributed by atoms with Crippen molar-refractivity contribution in [2.75, 3.05) is 5.32 Å². The monoisotopic (exact) mass is 327 g/mol. The summed E-state index contributed by atoms with van der Waals surface area (Å²) in [5.41, 5.74) is 1.55. The first-order chi connectivity index (χ1) is 12.2. The summed E-state index contributed by atoms with van der Waals surface area (Å²) >= 11 is 0. The van der Waals surface area contributed by atoms with Crippen molar-refractivity contribution in [3.05, 3.63) is 90.5 Å². The van der Waals surface area contributed by atoms with Crippen molar-refractivity contribution < 1.29 is 9.90 Å². The van der Waals surface area contributed by atoms with Crippen LogP contribution in [0.25, 0.3) is 21.5 Å². The third-order valence-corrected chi connectivity index (χ3v) is 4.42. The molecule has 4 aromatic carbocycles. The van der Waals surface area contributed by atoms with Gasteiger partial charge in [-0.05, 0) is 51.4 Å². The molecule has 4 aromatic rings. The van der Waals surface area contributed by atoms with Gasteiger partial charge in [-0.15, -0.1) is 0 Å². The summed E-state index contributed by atoms with van der Waals surface area (Å²) in [5, 5.41) is 17.2. The Kier molecular flexibility index (Phi) is 3.82. The molecule has 4 rings (SSSR count). The summed E-state index contributed by atoms with van der Waals surface area (Å²) in [7, 11) is 0. The average Bonchev–Trinajstić information content (AvgIpc) is 2.65. The zero-order chi connectivity index (χ0) is 17.2. The van der Waals surface area contributed by atoms with Crippen molar-refractivity contribution in [2.24, 2.45) is 0 Å². The summed E-state index contributed by atoms with van der Waals surface area (Å²) < 4.78 is 0. The summed E-state index contributed by atoms with van der Waals surface area (Å²) in [6.07, 6.45) is 0. The van der Waals surface area contributed by atoms with Crippen molar-refractivity contribution in [2.45, 2.75) is 6.04 Å². The molecule has 2 N–H and O–H groups in total. The fraction of sp³-hybridized carbons (Fsp3) is 0.0455. The number of fused-ring (bicyclic) bond motifs is 2. The van der Waals surface area contributed by atoms with Gasteiger partial charge in [-0.3, -0.25) is 0 Å². The van der Waals surface area contributed by atoms with Crippen molar-refractivity contribution in [1.29, 1.82) is 0 Å². The lowest BCUT2D eigenvalue weighted by atomic mass is 9.95. The molecule has 3 heteroatoms. The van der Waals surface area contributed by atoms with Crippen LogP contribution in [0.5, 0.6) is 0 Å². The molecule has 0 aliphatic heterocycles. The van der Waals surface area contributed by atoms with E-state index < -0.39 is 12.0 Å². The summed E-state index contributed by atoms with van der Waals surface area (Å²) in [6.45, 7) is 0. The van der Waals surface area contributed by atoms with Crippen LogP contribution in [0.1, 0.15) is 11.6 Å². The second-order valence-electron chi connectivity index (χ2n) is 6.05. The maximum Gasteiger partial charge on any atom is 0.330 e.